The molecule has 1 amide bonds. The Balaban J connectivity index is 0.000000288. The Morgan fingerprint density at radius 3 is 1.99 bits per heavy atom. The van der Waals surface area contributed by atoms with Crippen LogP contribution in [0.25, 0.3) is 0 Å². The molecule has 0 bridgehead atoms. The molecule has 13 N–H and O–H groups in total. The highest BCUT2D eigenvalue weighted by Crippen LogP contribution is 2.18. The molecule has 6 rings (SSSR count). The van der Waals surface area contributed by atoms with E-state index in [9.17, 15) is 9.90 Å². The minimum absolute atomic E-state index is 0.222. The summed E-state index contributed by atoms with van der Waals surface area (Å²) in [5.74, 6) is 8.92. The lowest BCUT2D eigenvalue weighted by molar-refractivity contribution is -0.109. The third kappa shape index (κ3) is 25.2. The number of guanidine groups is 3. The number of hydrogen-bond acceptors (Lipinski definition) is 13. The van der Waals surface area contributed by atoms with Gasteiger partial charge in [-0.3, -0.25) is 20.1 Å². The van der Waals surface area contributed by atoms with Crippen molar-refractivity contribution in [1.29, 1.82) is 0 Å². The first-order chi connectivity index (χ1) is 36.6. The topological polar surface area (TPSA) is 266 Å². The zero-order chi connectivity index (χ0) is 53.7. The SMILES string of the molecule is CCCCCCN=C(C)N/C(=N\C(Nc1ccccc1)=C(/C)CC)Nc1ccc(O)cc1.Cc1ccccc1.N/N=C(\N)c1ccc(NC2=NC(Nc3ccccc3)NC(=NCCOCCOCCNC=O)N2)cc1. The molecule has 1 aliphatic heterocycles. The molecule has 1 atom stereocenters. The van der Waals surface area contributed by atoms with Crippen molar-refractivity contribution >= 4 is 58.7 Å². The summed E-state index contributed by atoms with van der Waals surface area (Å²) in [7, 11) is 0. The largest absolute Gasteiger partial charge is 0.508 e. The Kier molecular flexibility index (Phi) is 28.1. The molecule has 0 fully saturated rings. The lowest BCUT2D eigenvalue weighted by Gasteiger charge is -2.27. The maximum absolute atomic E-state index is 10.2. The molecule has 0 saturated carbocycles. The molecule has 0 saturated heterocycles. The number of aliphatic imine (C=N–C) groups is 4. The lowest BCUT2D eigenvalue weighted by atomic mass is 10.2. The minimum Gasteiger partial charge on any atom is -0.508 e. The first-order valence-electron chi connectivity index (χ1n) is 25.3. The summed E-state index contributed by atoms with van der Waals surface area (Å²) in [5, 5.41) is 38.6. The average Bonchev–Trinajstić information content (AvgIpc) is 3.42. The van der Waals surface area contributed by atoms with E-state index in [2.05, 4.69) is 102 Å². The number of aryl methyl sites for hydroxylation is 1. The van der Waals surface area contributed by atoms with Gasteiger partial charge in [-0.25, -0.2) is 4.99 Å². The van der Waals surface area contributed by atoms with Crippen LogP contribution in [0.15, 0.2) is 176 Å². The van der Waals surface area contributed by atoms with E-state index in [1.165, 1.54) is 24.8 Å². The van der Waals surface area contributed by atoms with Gasteiger partial charge in [-0.1, -0.05) is 105 Å². The fourth-order valence-corrected chi connectivity index (χ4v) is 6.52. The highest BCUT2D eigenvalue weighted by atomic mass is 16.5. The molecule has 1 heterocycles. The van der Waals surface area contributed by atoms with E-state index in [1.54, 1.807) is 12.1 Å². The van der Waals surface area contributed by atoms with Crippen molar-refractivity contribution in [3.8, 4) is 5.75 Å². The second-order valence-corrected chi connectivity index (χ2v) is 16.8. The summed E-state index contributed by atoms with van der Waals surface area (Å²) in [6.45, 7) is 13.9. The van der Waals surface area contributed by atoms with Gasteiger partial charge in [-0.15, -0.1) is 0 Å². The van der Waals surface area contributed by atoms with Gasteiger partial charge in [0.1, 0.15) is 17.4 Å². The number of hydrazone groups is 1. The maximum atomic E-state index is 10.2. The number of ether oxygens (including phenoxy) is 2. The first kappa shape index (κ1) is 59.1. The molecular weight excluding hydrogens is 947 g/mol. The number of phenolic OH excluding ortho intramolecular Hbond substituents is 1. The van der Waals surface area contributed by atoms with E-state index >= 15 is 0 Å². The Labute approximate surface area is 442 Å². The number of aromatic hydroxyl groups is 1. The quantitative estimate of drug-likeness (QED) is 0.00530. The van der Waals surface area contributed by atoms with Crippen LogP contribution < -0.4 is 54.1 Å². The van der Waals surface area contributed by atoms with E-state index in [-0.39, 0.29) is 11.6 Å². The van der Waals surface area contributed by atoms with Crippen molar-refractivity contribution in [2.45, 2.75) is 73.0 Å². The number of phenols is 1. The van der Waals surface area contributed by atoms with Gasteiger partial charge in [-0.2, -0.15) is 10.1 Å². The zero-order valence-electron chi connectivity index (χ0n) is 44.0. The summed E-state index contributed by atoms with van der Waals surface area (Å²) >= 11 is 0. The predicted octanol–water partition coefficient (Wildman–Crippen LogP) is 8.25. The Morgan fingerprint density at radius 1 is 0.747 bits per heavy atom. The molecule has 1 aliphatic rings. The van der Waals surface area contributed by atoms with E-state index in [1.807, 2.05) is 122 Å². The Hall–Kier alpha value is -8.42. The van der Waals surface area contributed by atoms with Crippen molar-refractivity contribution in [3.63, 3.8) is 0 Å². The van der Waals surface area contributed by atoms with Gasteiger partial charge in [0.2, 0.25) is 24.3 Å². The number of allylic oxidation sites excluding steroid dienone is 1. The molecule has 19 nitrogen and oxygen atoms in total. The third-order valence-corrected chi connectivity index (χ3v) is 10.7. The Morgan fingerprint density at radius 2 is 1.37 bits per heavy atom. The highest BCUT2D eigenvalue weighted by Gasteiger charge is 2.19. The molecule has 0 radical (unpaired) electrons. The van der Waals surface area contributed by atoms with Crippen molar-refractivity contribution in [2.75, 3.05) is 67.3 Å². The number of anilines is 4. The van der Waals surface area contributed by atoms with Gasteiger partial charge in [0, 0.05) is 41.4 Å². The number of amides is 1. The molecule has 5 aromatic rings. The number of nitrogens with zero attached hydrogens (tertiary/aromatic N) is 5. The van der Waals surface area contributed by atoms with Gasteiger partial charge in [0.15, 0.2) is 6.29 Å². The minimum atomic E-state index is -0.455. The number of carbonyl (C=O) groups excluding carboxylic acids is 1. The Bertz CT molecular complexity index is 2560. The van der Waals surface area contributed by atoms with E-state index in [0.717, 1.165) is 64.9 Å². The molecule has 19 heteroatoms. The van der Waals surface area contributed by atoms with E-state index < -0.39 is 6.29 Å². The second-order valence-electron chi connectivity index (χ2n) is 16.8. The number of hydrogen-bond donors (Lipinski definition) is 11. The van der Waals surface area contributed by atoms with Gasteiger partial charge < -0.3 is 63.4 Å². The summed E-state index contributed by atoms with van der Waals surface area (Å²) in [4.78, 5) is 28.9. The average molecular weight is 1020 g/mol. The number of carbonyl (C=O) groups is 1. The van der Waals surface area contributed by atoms with Crippen LogP contribution >= 0.6 is 0 Å². The number of amidine groups is 2. The smallest absolute Gasteiger partial charge is 0.207 e. The molecule has 0 spiro atoms. The van der Waals surface area contributed by atoms with Crippen LogP contribution in [0.4, 0.5) is 22.7 Å². The number of benzene rings is 5. The summed E-state index contributed by atoms with van der Waals surface area (Å²) < 4.78 is 10.9. The summed E-state index contributed by atoms with van der Waals surface area (Å²) in [5.41, 5.74) is 12.4. The predicted molar refractivity (Wildman–Crippen MR) is 309 cm³/mol. The zero-order valence-corrected chi connectivity index (χ0v) is 44.0. The maximum Gasteiger partial charge on any atom is 0.207 e. The van der Waals surface area contributed by atoms with Crippen LogP contribution in [0.1, 0.15) is 70.9 Å². The van der Waals surface area contributed by atoms with Gasteiger partial charge in [0.25, 0.3) is 0 Å². The summed E-state index contributed by atoms with van der Waals surface area (Å²) in [6, 6.07) is 44.2. The van der Waals surface area contributed by atoms with Gasteiger partial charge in [-0.05, 0) is 112 Å². The van der Waals surface area contributed by atoms with Crippen LogP contribution in [0.3, 0.4) is 0 Å². The molecule has 0 aromatic heterocycles. The van der Waals surface area contributed by atoms with Crippen molar-refractivity contribution in [3.05, 3.63) is 162 Å². The van der Waals surface area contributed by atoms with Crippen LogP contribution in [0.5, 0.6) is 5.75 Å². The first-order valence-corrected chi connectivity index (χ1v) is 25.3. The van der Waals surface area contributed by atoms with Crippen LogP contribution in [-0.2, 0) is 14.3 Å². The van der Waals surface area contributed by atoms with Crippen LogP contribution in [0.2, 0.25) is 0 Å². The van der Waals surface area contributed by atoms with Gasteiger partial charge in [0.05, 0.1) is 38.8 Å². The molecule has 75 heavy (non-hydrogen) atoms. The normalized spacial score (nSPS) is 14.2. The number of nitrogens with two attached hydrogens (primary N) is 2. The van der Waals surface area contributed by atoms with Crippen LogP contribution in [0, 0.1) is 6.92 Å². The van der Waals surface area contributed by atoms with Crippen molar-refractivity contribution < 1.29 is 19.4 Å². The van der Waals surface area contributed by atoms with Crippen molar-refractivity contribution in [2.24, 2.45) is 36.6 Å². The number of para-hydroxylation sites is 2. The number of unbranched alkanes of at least 4 members (excludes halogenated alkanes) is 3. The number of nitrogens with one attached hydrogen (secondary N) is 8. The highest BCUT2D eigenvalue weighted by molar-refractivity contribution is 6.07. The lowest BCUT2D eigenvalue weighted by Crippen LogP contribution is -2.55. The molecular formula is C56H77N15O4. The number of rotatable bonds is 24. The fourth-order valence-electron chi connectivity index (χ4n) is 6.52. The molecule has 5 aromatic carbocycles. The summed E-state index contributed by atoms with van der Waals surface area (Å²) in [6.07, 6.45) is 5.80. The van der Waals surface area contributed by atoms with E-state index in [4.69, 9.17) is 26.0 Å². The standard InChI is InChI=1S/C26H37N5O.C23H32N10O3.C7H8/c1-5-7-8-12-19-27-21(4)28-26(30-23-15-17-24(32)18-16-23)31-25(20(3)6-2)29-22-13-10-9-11-14-22;24-20(33-25)17-6-8-19(9-7-17)29-23-31-21(27-11-13-36-15-14-35-12-10-26-16-34)30-22(32-23)28-18-4-2-1-3-5-18;1-7-5-3-2-4-6-7/h9-11,13-18,29,32H,5-8,12,19H2,1-4H3,(H2,27,28,30,31);1-9,16,22,28H,10-15,25H2,(H2,24,33)(H,26,34)(H3,27,29,30,31,32);2-6H,1H3/b25-20+;;. The fraction of sp³-hybridized carbons (Fsp3) is 0.321. The molecule has 0 aliphatic carbocycles. The monoisotopic (exact) mass is 1020 g/mol. The molecule has 400 valence electrons. The van der Waals surface area contributed by atoms with Crippen LogP contribution in [-0.4, -0.2) is 93.4 Å². The molecule has 1 unspecified atom stereocenters. The van der Waals surface area contributed by atoms with E-state index in [0.29, 0.717) is 63.8 Å². The second kappa shape index (κ2) is 35.7. The third-order valence-electron chi connectivity index (χ3n) is 10.7. The van der Waals surface area contributed by atoms with Gasteiger partial charge >= 0.3 is 0 Å². The van der Waals surface area contributed by atoms with Crippen molar-refractivity contribution in [1.82, 2.24) is 21.3 Å².